The predicted molar refractivity (Wildman–Crippen MR) is 171 cm³/mol. The molecule has 5 aromatic rings. The summed E-state index contributed by atoms with van der Waals surface area (Å²) in [6, 6.07) is 14.8. The lowest BCUT2D eigenvalue weighted by Gasteiger charge is -2.47. The van der Waals surface area contributed by atoms with Crippen LogP contribution in [-0.4, -0.2) is 62.3 Å². The van der Waals surface area contributed by atoms with Gasteiger partial charge in [0.25, 0.3) is 0 Å². The Balaban J connectivity index is 1.16. The highest BCUT2D eigenvalue weighted by Crippen LogP contribution is 2.38. The number of thiazole rings is 1. The maximum absolute atomic E-state index is 16.3. The number of hydrogen-bond acceptors (Lipinski definition) is 5. The van der Waals surface area contributed by atoms with Crippen molar-refractivity contribution >= 4 is 22.9 Å². The molecule has 0 saturated carbocycles. The van der Waals surface area contributed by atoms with E-state index in [-0.39, 0.29) is 17.5 Å². The van der Waals surface area contributed by atoms with E-state index in [9.17, 15) is 9.18 Å². The summed E-state index contributed by atoms with van der Waals surface area (Å²) in [5.41, 5.74) is 7.15. The zero-order chi connectivity index (χ0) is 30.5. The largest absolute Gasteiger partial charge is 0.340 e. The zero-order valence-corrected chi connectivity index (χ0v) is 26.0. The smallest absolute Gasteiger partial charge is 0.219 e. The van der Waals surface area contributed by atoms with E-state index in [0.29, 0.717) is 29.5 Å². The van der Waals surface area contributed by atoms with Crippen molar-refractivity contribution in [2.24, 2.45) is 0 Å². The van der Waals surface area contributed by atoms with Gasteiger partial charge in [-0.2, -0.15) is 0 Å². The summed E-state index contributed by atoms with van der Waals surface area (Å²) in [6.07, 6.45) is 4.97. The van der Waals surface area contributed by atoms with Crippen LogP contribution >= 0.6 is 11.3 Å². The van der Waals surface area contributed by atoms with Crippen LogP contribution in [0, 0.1) is 18.6 Å². The topological polar surface area (TPSA) is 53.7 Å². The fourth-order valence-corrected chi connectivity index (χ4v) is 7.59. The van der Waals surface area contributed by atoms with Crippen LogP contribution in [0.3, 0.4) is 0 Å². The average molecular weight is 612 g/mol. The van der Waals surface area contributed by atoms with Crippen LogP contribution in [0.2, 0.25) is 0 Å². The predicted octanol–water partition coefficient (Wildman–Crippen LogP) is 7.35. The maximum atomic E-state index is 16.3. The molecule has 2 saturated heterocycles. The molecule has 226 valence electrons. The Labute approximate surface area is 260 Å². The van der Waals surface area contributed by atoms with Gasteiger partial charge in [0.05, 0.1) is 17.1 Å². The first-order valence-electron chi connectivity index (χ1n) is 15.3. The van der Waals surface area contributed by atoms with Crippen LogP contribution in [0.5, 0.6) is 0 Å². The summed E-state index contributed by atoms with van der Waals surface area (Å²) in [7, 11) is 0. The summed E-state index contributed by atoms with van der Waals surface area (Å²) in [5, 5.41) is 2.65. The van der Waals surface area contributed by atoms with Crippen molar-refractivity contribution in [1.29, 1.82) is 0 Å². The number of hydrogen-bond donors (Lipinski definition) is 0. The quantitative estimate of drug-likeness (QED) is 0.202. The molecule has 0 aliphatic carbocycles. The van der Waals surface area contributed by atoms with Gasteiger partial charge in [-0.15, -0.1) is 11.3 Å². The number of nitrogens with zero attached hydrogens (tertiary/aromatic N) is 5. The van der Waals surface area contributed by atoms with E-state index in [4.69, 9.17) is 9.97 Å². The minimum absolute atomic E-state index is 0.160. The Kier molecular flexibility index (Phi) is 7.54. The van der Waals surface area contributed by atoms with Crippen molar-refractivity contribution in [2.45, 2.75) is 52.0 Å². The summed E-state index contributed by atoms with van der Waals surface area (Å²) < 4.78 is 31.8. The molecule has 0 unspecified atom stereocenters. The Morgan fingerprint density at radius 2 is 1.70 bits per heavy atom. The molecular weight excluding hydrogens is 576 g/mol. The van der Waals surface area contributed by atoms with Crippen LogP contribution in [0.4, 0.5) is 8.78 Å². The number of aromatic nitrogens is 3. The van der Waals surface area contributed by atoms with Crippen molar-refractivity contribution in [3.05, 3.63) is 88.6 Å². The highest BCUT2D eigenvalue weighted by atomic mass is 32.1. The molecule has 7 rings (SSSR count). The molecule has 0 spiro atoms. The van der Waals surface area contributed by atoms with Gasteiger partial charge in [-0.3, -0.25) is 14.1 Å². The second-order valence-electron chi connectivity index (χ2n) is 12.0. The molecular formula is C35H35F2N5OS. The highest BCUT2D eigenvalue weighted by Gasteiger charge is 2.35. The summed E-state index contributed by atoms with van der Waals surface area (Å²) in [6.45, 7) is 9.22. The molecule has 2 aliphatic rings. The van der Waals surface area contributed by atoms with Gasteiger partial charge in [0, 0.05) is 54.3 Å². The first-order valence-corrected chi connectivity index (χ1v) is 16.2. The number of halogens is 2. The number of likely N-dealkylation sites (tertiary alicyclic amines) is 2. The number of aryl methyl sites for hydroxylation is 1. The van der Waals surface area contributed by atoms with Crippen LogP contribution in [0.1, 0.15) is 49.4 Å². The van der Waals surface area contributed by atoms with Gasteiger partial charge < -0.3 is 4.90 Å². The Morgan fingerprint density at radius 3 is 2.41 bits per heavy atom. The lowest BCUT2D eigenvalue weighted by atomic mass is 9.89. The number of imidazole rings is 1. The summed E-state index contributed by atoms with van der Waals surface area (Å²) in [4.78, 5) is 25.7. The number of carbonyl (C=O) groups is 1. The number of fused-ring (bicyclic) bond motifs is 1. The Bertz CT molecular complexity index is 1850. The van der Waals surface area contributed by atoms with E-state index in [0.717, 1.165) is 77.9 Å². The number of amides is 1. The third-order valence-corrected chi connectivity index (χ3v) is 10.3. The molecule has 9 heteroatoms. The number of carbonyl (C=O) groups excluding carboxylic acids is 1. The molecule has 0 bridgehead atoms. The number of piperidine rings is 1. The second kappa shape index (κ2) is 11.5. The van der Waals surface area contributed by atoms with Gasteiger partial charge in [0.1, 0.15) is 22.3 Å². The van der Waals surface area contributed by atoms with Crippen LogP contribution in [0.25, 0.3) is 38.7 Å². The van der Waals surface area contributed by atoms with E-state index in [1.165, 1.54) is 29.0 Å². The molecule has 2 aliphatic heterocycles. The van der Waals surface area contributed by atoms with E-state index in [2.05, 4.69) is 34.6 Å². The van der Waals surface area contributed by atoms with Crippen LogP contribution in [0.15, 0.2) is 60.1 Å². The lowest BCUT2D eigenvalue weighted by Crippen LogP contribution is -2.61. The Morgan fingerprint density at radius 1 is 0.977 bits per heavy atom. The van der Waals surface area contributed by atoms with Crippen LogP contribution < -0.4 is 0 Å². The standard InChI is InChI=1S/C35H35F2N5OS/c1-4-30-34(29-11-10-28(21(2)33(29)37)35-39-31(20-44-35)24-5-8-26(36)9-6-24)42-17-25(7-12-32(42)38-30)23-13-15-40(16-14-23)27-18-41(19-27)22(3)43/h5-12,17,20,23,27H,4,13-16,18-19H2,1-3H3. The lowest BCUT2D eigenvalue weighted by molar-refractivity contribution is -0.136. The normalized spacial score (nSPS) is 16.5. The molecule has 5 heterocycles. The highest BCUT2D eigenvalue weighted by molar-refractivity contribution is 7.13. The first-order chi connectivity index (χ1) is 21.3. The van der Waals surface area contributed by atoms with Crippen LogP contribution in [-0.2, 0) is 11.2 Å². The van der Waals surface area contributed by atoms with Gasteiger partial charge in [0.2, 0.25) is 5.91 Å². The molecule has 44 heavy (non-hydrogen) atoms. The number of pyridine rings is 1. The van der Waals surface area contributed by atoms with Crippen molar-refractivity contribution in [3.8, 4) is 33.1 Å². The fraction of sp³-hybridized carbons (Fsp3) is 0.343. The fourth-order valence-electron chi connectivity index (χ4n) is 6.67. The molecule has 2 fully saturated rings. The molecule has 0 N–H and O–H groups in total. The zero-order valence-electron chi connectivity index (χ0n) is 25.2. The van der Waals surface area contributed by atoms with Crippen molar-refractivity contribution in [1.82, 2.24) is 24.2 Å². The maximum Gasteiger partial charge on any atom is 0.219 e. The Hall–Kier alpha value is -3.95. The second-order valence-corrected chi connectivity index (χ2v) is 12.8. The van der Waals surface area contributed by atoms with E-state index in [1.807, 2.05) is 22.4 Å². The summed E-state index contributed by atoms with van der Waals surface area (Å²) in [5.74, 6) is 0.0271. The molecule has 0 radical (unpaired) electrons. The molecule has 6 nitrogen and oxygen atoms in total. The van der Waals surface area contributed by atoms with Gasteiger partial charge in [-0.05, 0) is 92.7 Å². The SMILES string of the molecule is CCc1nc2ccc(C3CCN(C4CN(C(C)=O)C4)CC3)cn2c1-c1ccc(-c2nc(-c3ccc(F)cc3)cs2)c(C)c1F. The monoisotopic (exact) mass is 611 g/mol. The molecule has 1 amide bonds. The number of rotatable bonds is 6. The van der Waals surface area contributed by atoms with Gasteiger partial charge >= 0.3 is 0 Å². The van der Waals surface area contributed by atoms with E-state index >= 15 is 4.39 Å². The van der Waals surface area contributed by atoms with E-state index < -0.39 is 0 Å². The van der Waals surface area contributed by atoms with Crippen molar-refractivity contribution in [3.63, 3.8) is 0 Å². The third kappa shape index (κ3) is 5.12. The third-order valence-electron chi connectivity index (χ3n) is 9.39. The number of benzene rings is 2. The minimum atomic E-state index is -0.290. The summed E-state index contributed by atoms with van der Waals surface area (Å²) >= 11 is 1.45. The first kappa shape index (κ1) is 28.8. The molecule has 2 aromatic carbocycles. The minimum Gasteiger partial charge on any atom is -0.340 e. The molecule has 3 aromatic heterocycles. The van der Waals surface area contributed by atoms with Gasteiger partial charge in [-0.1, -0.05) is 19.1 Å². The van der Waals surface area contributed by atoms with Crippen molar-refractivity contribution < 1.29 is 13.6 Å². The van der Waals surface area contributed by atoms with Crippen molar-refractivity contribution in [2.75, 3.05) is 26.2 Å². The van der Waals surface area contributed by atoms with Gasteiger partial charge in [0.15, 0.2) is 0 Å². The van der Waals surface area contributed by atoms with Gasteiger partial charge in [-0.25, -0.2) is 18.7 Å². The molecule has 0 atom stereocenters. The van der Waals surface area contributed by atoms with E-state index in [1.54, 1.807) is 26.0 Å². The average Bonchev–Trinajstić information content (AvgIpc) is 3.63.